The molecule has 3 aromatic rings. The lowest BCUT2D eigenvalue weighted by Gasteiger charge is -2.09. The highest BCUT2D eigenvalue weighted by Gasteiger charge is 2.14. The van der Waals surface area contributed by atoms with E-state index in [2.05, 4.69) is 22.4 Å². The Bertz CT molecular complexity index is 968. The molecule has 3 rings (SSSR count). The number of nitrogens with one attached hydrogen (secondary N) is 1. The van der Waals surface area contributed by atoms with Crippen LogP contribution in [0.3, 0.4) is 0 Å². The topological polar surface area (TPSA) is 68.3 Å². The van der Waals surface area contributed by atoms with E-state index in [1.165, 1.54) is 28.7 Å². The summed E-state index contributed by atoms with van der Waals surface area (Å²) < 4.78 is 5.85. The molecule has 0 aliphatic heterocycles. The molecule has 0 unspecified atom stereocenters. The Hall–Kier alpha value is -2.64. The van der Waals surface area contributed by atoms with Crippen molar-refractivity contribution in [2.45, 2.75) is 18.2 Å². The lowest BCUT2D eigenvalue weighted by molar-refractivity contribution is -0.113. The zero-order valence-electron chi connectivity index (χ0n) is 15.6. The van der Waals surface area contributed by atoms with Gasteiger partial charge in [-0.15, -0.1) is 11.3 Å². The maximum Gasteiger partial charge on any atom is 0.340 e. The molecule has 1 amide bonds. The van der Waals surface area contributed by atoms with E-state index in [1.807, 2.05) is 24.4 Å². The van der Waals surface area contributed by atoms with Crippen LogP contribution in [0.15, 0.2) is 58.3 Å². The van der Waals surface area contributed by atoms with Crippen molar-refractivity contribution in [2.75, 3.05) is 17.7 Å². The number of hydrogen-bond acceptors (Lipinski definition) is 6. The van der Waals surface area contributed by atoms with Gasteiger partial charge in [-0.1, -0.05) is 53.7 Å². The maximum absolute atomic E-state index is 12.3. The first-order valence-electron chi connectivity index (χ1n) is 8.78. The molecule has 144 valence electrons. The number of aryl methyl sites for hydroxylation is 1. The summed E-state index contributed by atoms with van der Waals surface area (Å²) in [7, 11) is 0. The molecule has 2 aromatic carbocycles. The number of carbonyl (C=O) groups excluding carboxylic acids is 2. The number of benzene rings is 2. The van der Waals surface area contributed by atoms with Gasteiger partial charge in [-0.2, -0.15) is 0 Å². The van der Waals surface area contributed by atoms with Crippen LogP contribution < -0.4 is 5.32 Å². The van der Waals surface area contributed by atoms with Crippen LogP contribution in [0, 0.1) is 6.92 Å². The Kier molecular flexibility index (Phi) is 6.84. The van der Waals surface area contributed by atoms with Gasteiger partial charge < -0.3 is 10.1 Å². The van der Waals surface area contributed by atoms with Crippen LogP contribution in [-0.4, -0.2) is 29.2 Å². The van der Waals surface area contributed by atoms with Gasteiger partial charge >= 0.3 is 5.97 Å². The fraction of sp³-hybridized carbons (Fsp3) is 0.190. The van der Waals surface area contributed by atoms with Crippen molar-refractivity contribution in [2.24, 2.45) is 0 Å². The molecule has 0 aliphatic carbocycles. The van der Waals surface area contributed by atoms with Crippen LogP contribution in [0.4, 0.5) is 5.69 Å². The average Bonchev–Trinajstić information content (AvgIpc) is 3.16. The Labute approximate surface area is 172 Å². The van der Waals surface area contributed by atoms with Crippen LogP contribution in [0.25, 0.3) is 11.3 Å². The summed E-state index contributed by atoms with van der Waals surface area (Å²) in [6, 6.07) is 15.0. The zero-order chi connectivity index (χ0) is 19.9. The standard InChI is InChI=1S/C21H20N2O3S2/c1-3-26-20(25)16-6-4-5-7-17(16)22-19(24)13-28-21-23-18(12-27-21)15-10-8-14(2)9-11-15/h4-12H,3,13H2,1-2H3,(H,22,24). The molecule has 1 aromatic heterocycles. The van der Waals surface area contributed by atoms with E-state index in [0.29, 0.717) is 11.3 Å². The molecule has 1 heterocycles. The molecule has 5 nitrogen and oxygen atoms in total. The molecule has 1 N–H and O–H groups in total. The number of esters is 1. The summed E-state index contributed by atoms with van der Waals surface area (Å²) in [5, 5.41) is 4.77. The number of amides is 1. The number of carbonyl (C=O) groups is 2. The molecule has 0 fully saturated rings. The third-order valence-corrected chi connectivity index (χ3v) is 5.87. The summed E-state index contributed by atoms with van der Waals surface area (Å²) in [6.45, 7) is 4.07. The lowest BCUT2D eigenvalue weighted by Crippen LogP contribution is -2.17. The second-order valence-corrected chi connectivity index (χ2v) is 8.05. The predicted molar refractivity (Wildman–Crippen MR) is 114 cm³/mol. The number of aromatic nitrogens is 1. The van der Waals surface area contributed by atoms with Crippen molar-refractivity contribution in [3.63, 3.8) is 0 Å². The molecule has 0 atom stereocenters. The first-order chi connectivity index (χ1) is 13.6. The minimum atomic E-state index is -0.450. The quantitative estimate of drug-likeness (QED) is 0.436. The predicted octanol–water partition coefficient (Wildman–Crippen LogP) is 5.03. The van der Waals surface area contributed by atoms with Gasteiger partial charge in [0.15, 0.2) is 4.34 Å². The van der Waals surface area contributed by atoms with Gasteiger partial charge in [0.2, 0.25) is 5.91 Å². The molecule has 0 bridgehead atoms. The minimum absolute atomic E-state index is 0.200. The van der Waals surface area contributed by atoms with E-state index in [-0.39, 0.29) is 18.3 Å². The van der Waals surface area contributed by atoms with Crippen molar-refractivity contribution in [1.82, 2.24) is 4.98 Å². The largest absolute Gasteiger partial charge is 0.462 e. The number of thioether (sulfide) groups is 1. The second kappa shape index (κ2) is 9.52. The smallest absolute Gasteiger partial charge is 0.340 e. The van der Waals surface area contributed by atoms with Gasteiger partial charge in [0, 0.05) is 10.9 Å². The summed E-state index contributed by atoms with van der Waals surface area (Å²) in [5.41, 5.74) is 3.96. The summed E-state index contributed by atoms with van der Waals surface area (Å²) >= 11 is 2.88. The maximum atomic E-state index is 12.3. The van der Waals surface area contributed by atoms with Gasteiger partial charge in [0.05, 0.1) is 29.3 Å². The molecule has 7 heteroatoms. The molecule has 0 radical (unpaired) electrons. The molecule has 0 saturated heterocycles. The van der Waals surface area contributed by atoms with Crippen molar-refractivity contribution in [3.8, 4) is 11.3 Å². The first-order valence-corrected chi connectivity index (χ1v) is 10.6. The van der Waals surface area contributed by atoms with Gasteiger partial charge in [0.25, 0.3) is 0 Å². The Morgan fingerprint density at radius 3 is 2.64 bits per heavy atom. The Morgan fingerprint density at radius 2 is 1.89 bits per heavy atom. The van der Waals surface area contributed by atoms with Crippen LogP contribution in [0.2, 0.25) is 0 Å². The van der Waals surface area contributed by atoms with Gasteiger partial charge in [-0.25, -0.2) is 9.78 Å². The van der Waals surface area contributed by atoms with E-state index in [4.69, 9.17) is 4.74 Å². The first kappa shape index (κ1) is 20.1. The van der Waals surface area contributed by atoms with Crippen LogP contribution in [-0.2, 0) is 9.53 Å². The van der Waals surface area contributed by atoms with Crippen molar-refractivity contribution in [3.05, 3.63) is 65.0 Å². The fourth-order valence-corrected chi connectivity index (χ4v) is 4.11. The number of hydrogen-bond donors (Lipinski definition) is 1. The lowest BCUT2D eigenvalue weighted by atomic mass is 10.1. The van der Waals surface area contributed by atoms with Crippen molar-refractivity contribution >= 4 is 40.7 Å². The van der Waals surface area contributed by atoms with E-state index < -0.39 is 5.97 Å². The third kappa shape index (κ3) is 5.21. The molecule has 28 heavy (non-hydrogen) atoms. The number of para-hydroxylation sites is 1. The Balaban J connectivity index is 1.60. The fourth-order valence-electron chi connectivity index (χ4n) is 2.47. The van der Waals surface area contributed by atoms with E-state index in [1.54, 1.807) is 31.2 Å². The van der Waals surface area contributed by atoms with Crippen LogP contribution in [0.5, 0.6) is 0 Å². The zero-order valence-corrected chi connectivity index (χ0v) is 17.2. The molecule has 0 spiro atoms. The van der Waals surface area contributed by atoms with E-state index in [9.17, 15) is 9.59 Å². The van der Waals surface area contributed by atoms with Crippen LogP contribution in [0.1, 0.15) is 22.8 Å². The van der Waals surface area contributed by atoms with Gasteiger partial charge in [-0.05, 0) is 26.0 Å². The highest BCUT2D eigenvalue weighted by Crippen LogP contribution is 2.28. The summed E-state index contributed by atoms with van der Waals surface area (Å²) in [5.74, 6) is -0.444. The molecular formula is C21H20N2O3S2. The summed E-state index contributed by atoms with van der Waals surface area (Å²) in [6.07, 6.45) is 0. The Morgan fingerprint density at radius 1 is 1.14 bits per heavy atom. The third-order valence-electron chi connectivity index (χ3n) is 3.85. The molecule has 0 saturated carbocycles. The minimum Gasteiger partial charge on any atom is -0.462 e. The average molecular weight is 413 g/mol. The van der Waals surface area contributed by atoms with Crippen molar-refractivity contribution in [1.29, 1.82) is 0 Å². The normalized spacial score (nSPS) is 10.5. The number of rotatable bonds is 7. The van der Waals surface area contributed by atoms with Gasteiger partial charge in [0.1, 0.15) is 0 Å². The monoisotopic (exact) mass is 412 g/mol. The number of ether oxygens (including phenoxy) is 1. The SMILES string of the molecule is CCOC(=O)c1ccccc1NC(=O)CSc1nc(-c2ccc(C)cc2)cs1. The van der Waals surface area contributed by atoms with E-state index in [0.717, 1.165) is 15.6 Å². The van der Waals surface area contributed by atoms with Crippen molar-refractivity contribution < 1.29 is 14.3 Å². The van der Waals surface area contributed by atoms with Gasteiger partial charge in [-0.3, -0.25) is 4.79 Å². The highest BCUT2D eigenvalue weighted by atomic mass is 32.2. The molecule has 0 aliphatic rings. The number of anilines is 1. The summed E-state index contributed by atoms with van der Waals surface area (Å²) in [4.78, 5) is 28.9. The molecular weight excluding hydrogens is 392 g/mol. The second-order valence-electron chi connectivity index (χ2n) is 5.97. The van der Waals surface area contributed by atoms with Crippen LogP contribution >= 0.6 is 23.1 Å². The number of nitrogens with zero attached hydrogens (tertiary/aromatic N) is 1. The highest BCUT2D eigenvalue weighted by molar-refractivity contribution is 8.01. The number of thiazole rings is 1. The van der Waals surface area contributed by atoms with E-state index >= 15 is 0 Å².